The van der Waals surface area contributed by atoms with Crippen molar-refractivity contribution < 1.29 is 0 Å². The van der Waals surface area contributed by atoms with Gasteiger partial charge < -0.3 is 10.2 Å². The van der Waals surface area contributed by atoms with Crippen molar-refractivity contribution in [2.24, 2.45) is 0 Å². The lowest BCUT2D eigenvalue weighted by Gasteiger charge is -2.45. The monoisotopic (exact) mass is 262 g/mol. The van der Waals surface area contributed by atoms with Crippen LogP contribution >= 0.6 is 0 Å². The van der Waals surface area contributed by atoms with E-state index in [1.165, 1.54) is 11.1 Å². The summed E-state index contributed by atoms with van der Waals surface area (Å²) < 4.78 is 0. The van der Waals surface area contributed by atoms with Gasteiger partial charge in [0.25, 0.3) is 0 Å². The Morgan fingerprint density at radius 3 is 2.16 bits per heavy atom. The summed E-state index contributed by atoms with van der Waals surface area (Å²) in [4.78, 5) is 2.40. The fourth-order valence-corrected chi connectivity index (χ4v) is 3.31. The van der Waals surface area contributed by atoms with Crippen molar-refractivity contribution in [2.45, 2.75) is 51.6 Å². The summed E-state index contributed by atoms with van der Waals surface area (Å²) >= 11 is 0. The smallest absolute Gasteiger partial charge is 0.0354 e. The lowest BCUT2D eigenvalue weighted by atomic mass is 9.79. The Morgan fingerprint density at radius 1 is 1.16 bits per heavy atom. The first-order chi connectivity index (χ1) is 9.01. The van der Waals surface area contributed by atoms with E-state index in [4.69, 9.17) is 0 Å². The van der Waals surface area contributed by atoms with Crippen LogP contribution in [0.1, 0.15) is 37.8 Å². The third-order valence-electron chi connectivity index (χ3n) is 4.80. The van der Waals surface area contributed by atoms with Gasteiger partial charge in [-0.1, -0.05) is 38.1 Å². The normalized spacial score (nSPS) is 13.8. The van der Waals surface area contributed by atoms with Crippen LogP contribution in [-0.2, 0) is 6.42 Å². The Balaban J connectivity index is 3.02. The number of rotatable bonds is 7. The maximum Gasteiger partial charge on any atom is 0.0354 e. The quantitative estimate of drug-likeness (QED) is 0.811. The molecule has 0 spiro atoms. The molecule has 0 aromatic heterocycles. The predicted octanol–water partition coefficient (Wildman–Crippen LogP) is 3.25. The van der Waals surface area contributed by atoms with E-state index in [1.807, 2.05) is 0 Å². The van der Waals surface area contributed by atoms with Gasteiger partial charge in [-0.15, -0.1) is 0 Å². The van der Waals surface area contributed by atoms with Crippen LogP contribution in [0, 0.1) is 6.92 Å². The third kappa shape index (κ3) is 3.37. The zero-order chi connectivity index (χ0) is 14.5. The highest BCUT2D eigenvalue weighted by Gasteiger charge is 2.36. The van der Waals surface area contributed by atoms with Gasteiger partial charge >= 0.3 is 0 Å². The first kappa shape index (κ1) is 16.2. The second-order valence-electron chi connectivity index (χ2n) is 5.68. The van der Waals surface area contributed by atoms with E-state index in [9.17, 15) is 0 Å². The summed E-state index contributed by atoms with van der Waals surface area (Å²) in [6.07, 6.45) is 3.41. The number of nitrogens with zero attached hydrogens (tertiary/aromatic N) is 1. The Kier molecular flexibility index (Phi) is 6.02. The number of hydrogen-bond acceptors (Lipinski definition) is 2. The zero-order valence-electron chi connectivity index (χ0n) is 13.5. The second kappa shape index (κ2) is 7.06. The Bertz CT molecular complexity index is 381. The maximum absolute atomic E-state index is 3.56. The van der Waals surface area contributed by atoms with Crippen molar-refractivity contribution in [2.75, 3.05) is 21.1 Å². The van der Waals surface area contributed by atoms with Crippen LogP contribution in [0.5, 0.6) is 0 Å². The summed E-state index contributed by atoms with van der Waals surface area (Å²) in [7, 11) is 6.50. The minimum absolute atomic E-state index is 0.219. The van der Waals surface area contributed by atoms with Gasteiger partial charge in [0.2, 0.25) is 0 Å². The lowest BCUT2D eigenvalue weighted by Crippen LogP contribution is -2.58. The van der Waals surface area contributed by atoms with E-state index in [2.05, 4.69) is 76.4 Å². The minimum atomic E-state index is 0.219. The molecule has 2 nitrogen and oxygen atoms in total. The molecule has 1 atom stereocenters. The summed E-state index contributed by atoms with van der Waals surface area (Å²) in [5.74, 6) is 0. The van der Waals surface area contributed by atoms with Crippen LogP contribution in [0.4, 0.5) is 0 Å². The summed E-state index contributed by atoms with van der Waals surface area (Å²) in [6.45, 7) is 6.80. The molecule has 0 heterocycles. The largest absolute Gasteiger partial charge is 0.315 e. The van der Waals surface area contributed by atoms with Crippen molar-refractivity contribution in [3.05, 3.63) is 35.4 Å². The van der Waals surface area contributed by atoms with Gasteiger partial charge in [0.05, 0.1) is 0 Å². The summed E-state index contributed by atoms with van der Waals surface area (Å²) in [5.41, 5.74) is 3.06. The molecule has 0 amide bonds. The molecule has 0 saturated carbocycles. The van der Waals surface area contributed by atoms with Crippen LogP contribution in [0.3, 0.4) is 0 Å². The molecule has 0 aliphatic rings. The van der Waals surface area contributed by atoms with Crippen LogP contribution in [0.25, 0.3) is 0 Å². The first-order valence-corrected chi connectivity index (χ1v) is 7.41. The highest BCUT2D eigenvalue weighted by atomic mass is 15.2. The molecule has 0 saturated heterocycles. The topological polar surface area (TPSA) is 15.3 Å². The van der Waals surface area contributed by atoms with Crippen LogP contribution in [0.2, 0.25) is 0 Å². The second-order valence-corrected chi connectivity index (χ2v) is 5.68. The molecule has 0 fully saturated rings. The molecular weight excluding hydrogens is 232 g/mol. The van der Waals surface area contributed by atoms with Gasteiger partial charge in [-0.25, -0.2) is 0 Å². The van der Waals surface area contributed by atoms with E-state index < -0.39 is 0 Å². The predicted molar refractivity (Wildman–Crippen MR) is 84.7 cm³/mol. The molecular formula is C17H30N2. The zero-order valence-corrected chi connectivity index (χ0v) is 13.5. The van der Waals surface area contributed by atoms with E-state index in [1.54, 1.807) is 0 Å². The molecule has 1 aromatic rings. The molecule has 0 aliphatic carbocycles. The molecule has 2 heteroatoms. The molecule has 0 bridgehead atoms. The van der Waals surface area contributed by atoms with Gasteiger partial charge in [0.15, 0.2) is 0 Å². The van der Waals surface area contributed by atoms with Gasteiger partial charge in [0, 0.05) is 11.6 Å². The third-order valence-corrected chi connectivity index (χ3v) is 4.80. The average Bonchev–Trinajstić information content (AvgIpc) is 2.41. The van der Waals surface area contributed by atoms with Crippen molar-refractivity contribution in [3.8, 4) is 0 Å². The van der Waals surface area contributed by atoms with E-state index >= 15 is 0 Å². The molecule has 1 unspecified atom stereocenters. The van der Waals surface area contributed by atoms with Crippen molar-refractivity contribution in [1.29, 1.82) is 0 Å². The fourth-order valence-electron chi connectivity index (χ4n) is 3.31. The lowest BCUT2D eigenvalue weighted by molar-refractivity contribution is 0.0917. The van der Waals surface area contributed by atoms with Crippen molar-refractivity contribution >= 4 is 0 Å². The first-order valence-electron chi connectivity index (χ1n) is 7.41. The molecule has 1 N–H and O–H groups in total. The molecule has 0 radical (unpaired) electrons. The fraction of sp³-hybridized carbons (Fsp3) is 0.647. The van der Waals surface area contributed by atoms with Gasteiger partial charge in [-0.2, -0.15) is 0 Å². The Morgan fingerprint density at radius 2 is 1.74 bits per heavy atom. The minimum Gasteiger partial charge on any atom is -0.315 e. The van der Waals surface area contributed by atoms with Crippen LogP contribution in [-0.4, -0.2) is 37.6 Å². The van der Waals surface area contributed by atoms with Crippen LogP contribution < -0.4 is 5.32 Å². The van der Waals surface area contributed by atoms with Crippen LogP contribution in [0.15, 0.2) is 24.3 Å². The Labute approximate surface area is 119 Å². The average molecular weight is 262 g/mol. The van der Waals surface area contributed by atoms with Gasteiger partial charge in [0.1, 0.15) is 0 Å². The molecule has 19 heavy (non-hydrogen) atoms. The molecule has 0 aliphatic heterocycles. The van der Waals surface area contributed by atoms with Crippen molar-refractivity contribution in [3.63, 3.8) is 0 Å². The van der Waals surface area contributed by atoms with E-state index in [0.29, 0.717) is 6.04 Å². The highest BCUT2D eigenvalue weighted by molar-refractivity contribution is 5.27. The number of nitrogens with one attached hydrogen (secondary N) is 1. The van der Waals surface area contributed by atoms with Gasteiger partial charge in [-0.3, -0.25) is 0 Å². The van der Waals surface area contributed by atoms with Crippen molar-refractivity contribution in [1.82, 2.24) is 10.2 Å². The van der Waals surface area contributed by atoms with Gasteiger partial charge in [-0.05, 0) is 58.5 Å². The highest BCUT2D eigenvalue weighted by Crippen LogP contribution is 2.28. The number of benzene rings is 1. The number of hydrogen-bond donors (Lipinski definition) is 1. The Hall–Kier alpha value is -0.860. The SMILES string of the molecule is CCC(CC)(C(Cc1ccccc1C)NC)N(C)C. The standard InChI is InChI=1S/C17H30N2/c1-7-17(8-2,19(5)6)16(18-4)13-15-12-10-9-11-14(15)3/h9-12,16,18H,7-8,13H2,1-6H3. The number of aryl methyl sites for hydroxylation is 1. The van der Waals surface area contributed by atoms with E-state index in [-0.39, 0.29) is 5.54 Å². The summed E-state index contributed by atoms with van der Waals surface area (Å²) in [6, 6.07) is 9.19. The molecule has 1 rings (SSSR count). The molecule has 1 aromatic carbocycles. The number of likely N-dealkylation sites (N-methyl/N-ethyl adjacent to an activating group) is 2. The maximum atomic E-state index is 3.56. The van der Waals surface area contributed by atoms with E-state index in [0.717, 1.165) is 19.3 Å². The summed E-state index contributed by atoms with van der Waals surface area (Å²) in [5, 5.41) is 3.56. The molecule has 108 valence electrons.